The molecule has 0 aromatic heterocycles. The number of amides is 1. The Balaban J connectivity index is 1.58. The summed E-state index contributed by atoms with van der Waals surface area (Å²) in [6.07, 6.45) is 3.07. The van der Waals surface area contributed by atoms with Gasteiger partial charge in [-0.1, -0.05) is 36.4 Å². The summed E-state index contributed by atoms with van der Waals surface area (Å²) in [5.41, 5.74) is 4.03. The van der Waals surface area contributed by atoms with E-state index in [0.717, 1.165) is 16.7 Å². The first-order chi connectivity index (χ1) is 15.2. The normalized spacial score (nSPS) is 11.2. The number of hydrogen-bond donors (Lipinski definition) is 3. The predicted octanol–water partition coefficient (Wildman–Crippen LogP) is 4.63. The molecule has 3 N–H and O–H groups in total. The highest BCUT2D eigenvalue weighted by Gasteiger charge is 2.14. The number of carbonyl (C=O) groups excluding carboxylic acids is 1. The molecule has 0 unspecified atom stereocenters. The predicted molar refractivity (Wildman–Crippen MR) is 133 cm³/mol. The Labute approximate surface area is 193 Å². The first-order valence-corrected chi connectivity index (χ1v) is 11.7. The van der Waals surface area contributed by atoms with Crippen LogP contribution in [0.5, 0.6) is 0 Å². The fourth-order valence-corrected chi connectivity index (χ4v) is 4.06. The van der Waals surface area contributed by atoms with Crippen LogP contribution in [0.15, 0.2) is 83.8 Å². The van der Waals surface area contributed by atoms with Crippen LogP contribution in [-0.4, -0.2) is 19.4 Å². The van der Waals surface area contributed by atoms with Crippen LogP contribution in [0.4, 0.5) is 11.4 Å². The van der Waals surface area contributed by atoms with E-state index in [1.54, 1.807) is 30.3 Å². The van der Waals surface area contributed by atoms with Crippen LogP contribution in [0.1, 0.15) is 16.7 Å². The summed E-state index contributed by atoms with van der Waals surface area (Å²) in [6, 6.07) is 20.9. The van der Waals surface area contributed by atoms with Gasteiger partial charge in [0.25, 0.3) is 10.0 Å². The molecule has 0 saturated heterocycles. The molecule has 1 amide bonds. The summed E-state index contributed by atoms with van der Waals surface area (Å²) >= 11 is 5.15. The maximum atomic E-state index is 12.6. The van der Waals surface area contributed by atoms with Crippen molar-refractivity contribution in [2.75, 3.05) is 10.0 Å². The van der Waals surface area contributed by atoms with E-state index in [4.69, 9.17) is 12.2 Å². The minimum absolute atomic E-state index is 0.108. The minimum Gasteiger partial charge on any atom is -0.332 e. The van der Waals surface area contributed by atoms with Crippen LogP contribution in [0, 0.1) is 13.8 Å². The smallest absolute Gasteiger partial charge is 0.261 e. The molecule has 3 aromatic rings. The molecule has 0 spiro atoms. The van der Waals surface area contributed by atoms with Crippen molar-refractivity contribution in [2.24, 2.45) is 0 Å². The van der Waals surface area contributed by atoms with Crippen LogP contribution in [0.3, 0.4) is 0 Å². The Morgan fingerprint density at radius 3 is 2.19 bits per heavy atom. The SMILES string of the molecule is Cc1ccc(NS(=O)(=O)c2ccc(NC(=S)NC(=O)/C=C/c3ccccc3)cc2)cc1C. The van der Waals surface area contributed by atoms with Gasteiger partial charge in [0, 0.05) is 17.5 Å². The molecule has 0 heterocycles. The quantitative estimate of drug-likeness (QED) is 0.365. The minimum atomic E-state index is -3.73. The van der Waals surface area contributed by atoms with Crippen molar-refractivity contribution in [1.29, 1.82) is 0 Å². The van der Waals surface area contributed by atoms with Crippen molar-refractivity contribution in [1.82, 2.24) is 5.32 Å². The molecule has 0 saturated carbocycles. The van der Waals surface area contributed by atoms with Gasteiger partial charge in [0.15, 0.2) is 5.11 Å². The van der Waals surface area contributed by atoms with Gasteiger partial charge in [0.2, 0.25) is 5.91 Å². The first-order valence-electron chi connectivity index (χ1n) is 9.78. The van der Waals surface area contributed by atoms with E-state index in [0.29, 0.717) is 11.4 Å². The molecule has 0 aliphatic carbocycles. The maximum Gasteiger partial charge on any atom is 0.261 e. The van der Waals surface area contributed by atoms with Crippen molar-refractivity contribution in [2.45, 2.75) is 18.7 Å². The van der Waals surface area contributed by atoms with Gasteiger partial charge in [-0.2, -0.15) is 0 Å². The third-order valence-electron chi connectivity index (χ3n) is 4.65. The Morgan fingerprint density at radius 1 is 0.875 bits per heavy atom. The van der Waals surface area contributed by atoms with Crippen molar-refractivity contribution in [3.8, 4) is 0 Å². The van der Waals surface area contributed by atoms with Gasteiger partial charge in [-0.05, 0) is 85.2 Å². The summed E-state index contributed by atoms with van der Waals surface area (Å²) in [5.74, 6) is -0.372. The van der Waals surface area contributed by atoms with E-state index in [-0.39, 0.29) is 15.9 Å². The van der Waals surface area contributed by atoms with Gasteiger partial charge < -0.3 is 5.32 Å². The number of aryl methyl sites for hydroxylation is 2. The number of sulfonamides is 1. The van der Waals surface area contributed by atoms with E-state index < -0.39 is 10.0 Å². The lowest BCUT2D eigenvalue weighted by molar-refractivity contribution is -0.115. The number of anilines is 2. The zero-order valence-corrected chi connectivity index (χ0v) is 19.3. The summed E-state index contributed by atoms with van der Waals surface area (Å²) < 4.78 is 27.9. The number of carbonyl (C=O) groups is 1. The highest BCUT2D eigenvalue weighted by molar-refractivity contribution is 7.92. The average Bonchev–Trinajstić information content (AvgIpc) is 2.76. The van der Waals surface area contributed by atoms with Crippen LogP contribution < -0.4 is 15.4 Å². The Bertz CT molecular complexity index is 1250. The molecule has 0 fully saturated rings. The molecular weight excluding hydrogens is 442 g/mol. The number of rotatable bonds is 6. The first kappa shape index (κ1) is 23.2. The van der Waals surface area contributed by atoms with Gasteiger partial charge in [-0.25, -0.2) is 8.42 Å². The van der Waals surface area contributed by atoms with Gasteiger partial charge in [-0.3, -0.25) is 14.8 Å². The van der Waals surface area contributed by atoms with Crippen molar-refractivity contribution in [3.05, 3.63) is 95.6 Å². The third-order valence-corrected chi connectivity index (χ3v) is 6.25. The zero-order chi connectivity index (χ0) is 23.1. The molecule has 0 radical (unpaired) electrons. The largest absolute Gasteiger partial charge is 0.332 e. The molecule has 164 valence electrons. The second-order valence-corrected chi connectivity index (χ2v) is 9.21. The van der Waals surface area contributed by atoms with E-state index in [1.165, 1.54) is 18.2 Å². The topological polar surface area (TPSA) is 87.3 Å². The molecule has 3 rings (SSSR count). The van der Waals surface area contributed by atoms with Crippen molar-refractivity contribution < 1.29 is 13.2 Å². The fraction of sp³-hybridized carbons (Fsp3) is 0.0833. The van der Waals surface area contributed by atoms with Crippen LogP contribution in [0.2, 0.25) is 0 Å². The van der Waals surface area contributed by atoms with E-state index >= 15 is 0 Å². The number of benzene rings is 3. The van der Waals surface area contributed by atoms with E-state index in [9.17, 15) is 13.2 Å². The molecule has 0 aliphatic heterocycles. The number of hydrogen-bond acceptors (Lipinski definition) is 4. The molecule has 0 bridgehead atoms. The molecule has 32 heavy (non-hydrogen) atoms. The maximum absolute atomic E-state index is 12.6. The summed E-state index contributed by atoms with van der Waals surface area (Å²) in [7, 11) is -3.73. The van der Waals surface area contributed by atoms with Gasteiger partial charge in [0.05, 0.1) is 4.90 Å². The van der Waals surface area contributed by atoms with Gasteiger partial charge in [0.1, 0.15) is 0 Å². The van der Waals surface area contributed by atoms with Crippen LogP contribution >= 0.6 is 12.2 Å². The molecule has 3 aromatic carbocycles. The molecule has 6 nitrogen and oxygen atoms in total. The van der Waals surface area contributed by atoms with E-state index in [2.05, 4.69) is 15.4 Å². The lowest BCUT2D eigenvalue weighted by Gasteiger charge is -2.11. The van der Waals surface area contributed by atoms with Crippen LogP contribution in [0.25, 0.3) is 6.08 Å². The zero-order valence-electron chi connectivity index (χ0n) is 17.6. The molecule has 0 atom stereocenters. The second kappa shape index (κ2) is 10.2. The molecule has 0 aliphatic rings. The Kier molecular flexibility index (Phi) is 7.40. The monoisotopic (exact) mass is 465 g/mol. The Hall–Kier alpha value is -3.49. The van der Waals surface area contributed by atoms with Gasteiger partial charge in [-0.15, -0.1) is 0 Å². The highest BCUT2D eigenvalue weighted by atomic mass is 32.2. The Morgan fingerprint density at radius 2 is 1.53 bits per heavy atom. The third kappa shape index (κ3) is 6.50. The second-order valence-electron chi connectivity index (χ2n) is 7.12. The lowest BCUT2D eigenvalue weighted by Crippen LogP contribution is -2.32. The molecular formula is C24H23N3O3S2. The van der Waals surface area contributed by atoms with Gasteiger partial charge >= 0.3 is 0 Å². The average molecular weight is 466 g/mol. The summed E-state index contributed by atoms with van der Waals surface area (Å²) in [5, 5.41) is 5.52. The van der Waals surface area contributed by atoms with Crippen molar-refractivity contribution >= 4 is 50.7 Å². The summed E-state index contributed by atoms with van der Waals surface area (Å²) in [4.78, 5) is 12.1. The number of thiocarbonyl (C=S) groups is 1. The fourth-order valence-electron chi connectivity index (χ4n) is 2.79. The summed E-state index contributed by atoms with van der Waals surface area (Å²) in [6.45, 7) is 3.89. The highest BCUT2D eigenvalue weighted by Crippen LogP contribution is 2.20. The lowest BCUT2D eigenvalue weighted by atomic mass is 10.1. The van der Waals surface area contributed by atoms with Crippen molar-refractivity contribution in [3.63, 3.8) is 0 Å². The standard InChI is InChI=1S/C24H23N3O3S2/c1-17-8-10-21(16-18(17)2)27-32(29,30)22-13-11-20(12-14-22)25-24(31)26-23(28)15-9-19-6-4-3-5-7-19/h3-16,27H,1-2H3,(H2,25,26,28,31)/b15-9+. The van der Waals surface area contributed by atoms with E-state index in [1.807, 2.05) is 50.2 Å². The number of nitrogens with one attached hydrogen (secondary N) is 3. The van der Waals surface area contributed by atoms with Crippen LogP contribution in [-0.2, 0) is 14.8 Å². The molecule has 8 heteroatoms.